The van der Waals surface area contributed by atoms with Crippen LogP contribution in [0.15, 0.2) is 39.6 Å². The molecule has 102 valence electrons. The number of hydrogen-bond donors (Lipinski definition) is 1. The summed E-state index contributed by atoms with van der Waals surface area (Å²) < 4.78 is 1.03. The van der Waals surface area contributed by atoms with Gasteiger partial charge < -0.3 is 5.32 Å². The number of aryl methyl sites for hydroxylation is 1. The molecule has 0 saturated carbocycles. The van der Waals surface area contributed by atoms with Crippen LogP contribution in [0.2, 0.25) is 0 Å². The average Bonchev–Trinajstić information content (AvgIpc) is 2.93. The predicted molar refractivity (Wildman–Crippen MR) is 85.6 cm³/mol. The minimum atomic E-state index is 0.341. The van der Waals surface area contributed by atoms with E-state index in [1.54, 1.807) is 11.3 Å². The number of thiophene rings is 1. The third-order valence-corrected chi connectivity index (χ3v) is 4.25. The average molecular weight is 339 g/mol. The molecule has 0 fully saturated rings. The van der Waals surface area contributed by atoms with Crippen molar-refractivity contribution in [2.75, 3.05) is 6.54 Å². The molecule has 0 bridgehead atoms. The first-order chi connectivity index (χ1) is 9.29. The first kappa shape index (κ1) is 14.7. The highest BCUT2D eigenvalue weighted by Crippen LogP contribution is 2.20. The van der Waals surface area contributed by atoms with Gasteiger partial charge in [0.2, 0.25) is 0 Å². The van der Waals surface area contributed by atoms with Gasteiger partial charge in [-0.2, -0.15) is 11.3 Å². The van der Waals surface area contributed by atoms with Gasteiger partial charge in [0.05, 0.1) is 5.69 Å². The molecule has 0 saturated heterocycles. The molecular formula is C15H19BrN2S. The fourth-order valence-corrected chi connectivity index (χ4v) is 2.95. The molecule has 19 heavy (non-hydrogen) atoms. The fraction of sp³-hybridized carbons (Fsp3) is 0.400. The molecular weight excluding hydrogens is 320 g/mol. The highest BCUT2D eigenvalue weighted by Gasteiger charge is 2.12. The lowest BCUT2D eigenvalue weighted by molar-refractivity contribution is 0.489. The molecule has 2 rings (SSSR count). The van der Waals surface area contributed by atoms with Crippen molar-refractivity contribution >= 4 is 27.3 Å². The zero-order valence-electron chi connectivity index (χ0n) is 11.1. The Kier molecular flexibility index (Phi) is 6.01. The van der Waals surface area contributed by atoms with Gasteiger partial charge in [-0.05, 0) is 76.3 Å². The van der Waals surface area contributed by atoms with Crippen LogP contribution in [0.1, 0.15) is 37.1 Å². The van der Waals surface area contributed by atoms with Crippen LogP contribution in [0.25, 0.3) is 0 Å². The Morgan fingerprint density at radius 2 is 2.26 bits per heavy atom. The summed E-state index contributed by atoms with van der Waals surface area (Å²) in [7, 11) is 0. The van der Waals surface area contributed by atoms with Gasteiger partial charge in [-0.25, -0.2) is 0 Å². The summed E-state index contributed by atoms with van der Waals surface area (Å²) in [6, 6.07) is 6.71. The number of rotatable bonds is 7. The number of nitrogens with one attached hydrogen (secondary N) is 1. The van der Waals surface area contributed by atoms with Gasteiger partial charge in [0, 0.05) is 16.7 Å². The number of pyridine rings is 1. The fourth-order valence-electron chi connectivity index (χ4n) is 2.01. The van der Waals surface area contributed by atoms with E-state index in [9.17, 15) is 0 Å². The van der Waals surface area contributed by atoms with Gasteiger partial charge in [0.25, 0.3) is 0 Å². The minimum absolute atomic E-state index is 0.341. The summed E-state index contributed by atoms with van der Waals surface area (Å²) in [5.41, 5.74) is 2.55. The zero-order valence-corrected chi connectivity index (χ0v) is 13.5. The standard InChI is InChI=1S/C15H19BrN2S/c1-2-8-17-14(5-3-12-7-9-19-11-12)15-6-4-13(16)10-18-15/h4,6-7,9-11,14,17H,2-3,5,8H2,1H3. The molecule has 1 N–H and O–H groups in total. The smallest absolute Gasteiger partial charge is 0.0574 e. The normalized spacial score (nSPS) is 12.5. The maximum atomic E-state index is 4.52. The van der Waals surface area contributed by atoms with E-state index in [2.05, 4.69) is 62.1 Å². The van der Waals surface area contributed by atoms with E-state index < -0.39 is 0 Å². The lowest BCUT2D eigenvalue weighted by atomic mass is 10.0. The molecule has 0 aromatic carbocycles. The minimum Gasteiger partial charge on any atom is -0.309 e. The molecule has 1 unspecified atom stereocenters. The number of nitrogens with zero attached hydrogens (tertiary/aromatic N) is 1. The van der Waals surface area contributed by atoms with E-state index >= 15 is 0 Å². The van der Waals surface area contributed by atoms with Crippen LogP contribution >= 0.6 is 27.3 Å². The summed E-state index contributed by atoms with van der Waals surface area (Å²) in [6.07, 6.45) is 5.21. The highest BCUT2D eigenvalue weighted by molar-refractivity contribution is 9.10. The van der Waals surface area contributed by atoms with Crippen molar-refractivity contribution in [1.29, 1.82) is 0 Å². The summed E-state index contributed by atoms with van der Waals surface area (Å²) in [6.45, 7) is 3.23. The predicted octanol–water partition coefficient (Wildman–Crippen LogP) is 4.58. The van der Waals surface area contributed by atoms with Crippen molar-refractivity contribution in [1.82, 2.24) is 10.3 Å². The van der Waals surface area contributed by atoms with Crippen molar-refractivity contribution < 1.29 is 0 Å². The van der Waals surface area contributed by atoms with Crippen LogP contribution in [0.3, 0.4) is 0 Å². The third-order valence-electron chi connectivity index (χ3n) is 3.05. The molecule has 0 radical (unpaired) electrons. The first-order valence-corrected chi connectivity index (χ1v) is 8.39. The molecule has 2 nitrogen and oxygen atoms in total. The lowest BCUT2D eigenvalue weighted by Crippen LogP contribution is -2.23. The van der Waals surface area contributed by atoms with Gasteiger partial charge in [-0.3, -0.25) is 4.98 Å². The maximum absolute atomic E-state index is 4.52. The summed E-state index contributed by atoms with van der Waals surface area (Å²) in [5.74, 6) is 0. The summed E-state index contributed by atoms with van der Waals surface area (Å²) in [4.78, 5) is 4.52. The molecule has 0 aliphatic carbocycles. The second-order valence-electron chi connectivity index (χ2n) is 4.58. The monoisotopic (exact) mass is 338 g/mol. The summed E-state index contributed by atoms with van der Waals surface area (Å²) in [5, 5.41) is 7.96. The van der Waals surface area contributed by atoms with Crippen LogP contribution in [-0.4, -0.2) is 11.5 Å². The van der Waals surface area contributed by atoms with Gasteiger partial charge in [-0.15, -0.1) is 0 Å². The van der Waals surface area contributed by atoms with Gasteiger partial charge in [0.15, 0.2) is 0 Å². The molecule has 2 heterocycles. The Labute approximate surface area is 127 Å². The molecule has 1 atom stereocenters. The molecule has 0 amide bonds. The van der Waals surface area contributed by atoms with E-state index in [0.29, 0.717) is 6.04 Å². The second kappa shape index (κ2) is 7.78. The van der Waals surface area contributed by atoms with Crippen LogP contribution < -0.4 is 5.32 Å². The molecule has 0 spiro atoms. The topological polar surface area (TPSA) is 24.9 Å². The van der Waals surface area contributed by atoms with E-state index in [1.165, 1.54) is 5.56 Å². The number of hydrogen-bond acceptors (Lipinski definition) is 3. The van der Waals surface area contributed by atoms with E-state index in [0.717, 1.165) is 36.0 Å². The van der Waals surface area contributed by atoms with Crippen molar-refractivity contribution in [3.63, 3.8) is 0 Å². The van der Waals surface area contributed by atoms with Crippen molar-refractivity contribution in [2.24, 2.45) is 0 Å². The quantitative estimate of drug-likeness (QED) is 0.799. The molecule has 0 aliphatic heterocycles. The Morgan fingerprint density at radius 3 is 2.89 bits per heavy atom. The third kappa shape index (κ3) is 4.71. The van der Waals surface area contributed by atoms with E-state index in [1.807, 2.05) is 6.20 Å². The second-order valence-corrected chi connectivity index (χ2v) is 6.27. The summed E-state index contributed by atoms with van der Waals surface area (Å²) >= 11 is 5.20. The molecule has 0 aliphatic rings. The largest absolute Gasteiger partial charge is 0.309 e. The maximum Gasteiger partial charge on any atom is 0.0574 e. The molecule has 2 aromatic heterocycles. The van der Waals surface area contributed by atoms with Gasteiger partial charge >= 0.3 is 0 Å². The lowest BCUT2D eigenvalue weighted by Gasteiger charge is -2.17. The van der Waals surface area contributed by atoms with Crippen molar-refractivity contribution in [3.05, 3.63) is 50.9 Å². The van der Waals surface area contributed by atoms with Crippen LogP contribution in [0.4, 0.5) is 0 Å². The van der Waals surface area contributed by atoms with Crippen molar-refractivity contribution in [3.8, 4) is 0 Å². The van der Waals surface area contributed by atoms with Crippen LogP contribution in [-0.2, 0) is 6.42 Å². The van der Waals surface area contributed by atoms with Gasteiger partial charge in [-0.1, -0.05) is 6.92 Å². The van der Waals surface area contributed by atoms with Crippen LogP contribution in [0.5, 0.6) is 0 Å². The highest BCUT2D eigenvalue weighted by atomic mass is 79.9. The zero-order chi connectivity index (χ0) is 13.5. The van der Waals surface area contributed by atoms with Gasteiger partial charge in [0.1, 0.15) is 0 Å². The van der Waals surface area contributed by atoms with Crippen LogP contribution in [0, 0.1) is 0 Å². The van der Waals surface area contributed by atoms with E-state index in [-0.39, 0.29) is 0 Å². The first-order valence-electron chi connectivity index (χ1n) is 6.65. The Hall–Kier alpha value is -0.710. The molecule has 4 heteroatoms. The number of aromatic nitrogens is 1. The SMILES string of the molecule is CCCNC(CCc1ccsc1)c1ccc(Br)cn1. The number of halogens is 1. The van der Waals surface area contributed by atoms with Crippen molar-refractivity contribution in [2.45, 2.75) is 32.2 Å². The Balaban J connectivity index is 2.00. The molecule has 2 aromatic rings. The Bertz CT molecular complexity index is 467. The Morgan fingerprint density at radius 1 is 1.37 bits per heavy atom. The van der Waals surface area contributed by atoms with E-state index in [4.69, 9.17) is 0 Å².